The standard InChI is InChI=1S/C34H26N4O8/c35-27-9-15(1-5-19(27)31(39)40)23-13-25(17-3-7-21(33(43)44)29(37)11-17)26(18-4-8-22(34(45)46)30(38)12-18)14-24(23)16-2-6-20(32(41)42)28(36)10-16/h1-14H,35-38H2,(H,39,40)(H,41,42)(H,43,44)(H,45,46). The van der Waals surface area contributed by atoms with Gasteiger partial charge in [-0.3, -0.25) is 0 Å². The van der Waals surface area contributed by atoms with E-state index in [1.165, 1.54) is 48.5 Å². The number of benzene rings is 5. The highest BCUT2D eigenvalue weighted by molar-refractivity contribution is 6.02. The molecule has 0 saturated carbocycles. The van der Waals surface area contributed by atoms with Crippen LogP contribution >= 0.6 is 0 Å². The molecular formula is C34H26N4O8. The largest absolute Gasteiger partial charge is 0.478 e. The number of nitrogens with two attached hydrogens (primary N) is 4. The molecule has 5 rings (SSSR count). The number of carboxylic acids is 4. The Morgan fingerprint density at radius 2 is 0.543 bits per heavy atom. The van der Waals surface area contributed by atoms with Crippen LogP contribution in [0.5, 0.6) is 0 Å². The molecule has 5 aromatic carbocycles. The van der Waals surface area contributed by atoms with Crippen molar-refractivity contribution < 1.29 is 39.6 Å². The number of rotatable bonds is 8. The predicted molar refractivity (Wildman–Crippen MR) is 174 cm³/mol. The van der Waals surface area contributed by atoms with Crippen LogP contribution in [0.1, 0.15) is 41.4 Å². The molecule has 0 aliphatic heterocycles. The van der Waals surface area contributed by atoms with Gasteiger partial charge in [0.15, 0.2) is 0 Å². The Balaban J connectivity index is 1.89. The summed E-state index contributed by atoms with van der Waals surface area (Å²) in [5, 5.41) is 38.1. The summed E-state index contributed by atoms with van der Waals surface area (Å²) in [4.78, 5) is 46.7. The third kappa shape index (κ3) is 5.61. The van der Waals surface area contributed by atoms with Crippen LogP contribution in [-0.2, 0) is 0 Å². The smallest absolute Gasteiger partial charge is 0.337 e. The van der Waals surface area contributed by atoms with Crippen molar-refractivity contribution in [1.82, 2.24) is 0 Å². The number of nitrogen functional groups attached to an aromatic ring is 4. The van der Waals surface area contributed by atoms with Gasteiger partial charge in [-0.25, -0.2) is 19.2 Å². The fourth-order valence-electron chi connectivity index (χ4n) is 5.26. The Morgan fingerprint density at radius 3 is 0.696 bits per heavy atom. The zero-order chi connectivity index (χ0) is 33.4. The molecular weight excluding hydrogens is 592 g/mol. The molecule has 12 nitrogen and oxygen atoms in total. The number of carbonyl (C=O) groups is 4. The summed E-state index contributed by atoms with van der Waals surface area (Å²) in [6.07, 6.45) is 0. The van der Waals surface area contributed by atoms with Crippen LogP contribution in [0.2, 0.25) is 0 Å². The summed E-state index contributed by atoms with van der Waals surface area (Å²) in [6.45, 7) is 0. The molecule has 0 atom stereocenters. The van der Waals surface area contributed by atoms with Gasteiger partial charge in [0.2, 0.25) is 0 Å². The third-order valence-electron chi connectivity index (χ3n) is 7.53. The Kier molecular flexibility index (Phi) is 7.79. The minimum atomic E-state index is -1.21. The predicted octanol–water partition coefficient (Wildman–Crippen LogP) is 5.48. The fourth-order valence-corrected chi connectivity index (χ4v) is 5.26. The van der Waals surface area contributed by atoms with E-state index in [1.807, 2.05) is 0 Å². The van der Waals surface area contributed by atoms with Crippen molar-refractivity contribution in [3.63, 3.8) is 0 Å². The highest BCUT2D eigenvalue weighted by Gasteiger charge is 2.21. The SMILES string of the molecule is Nc1cc(-c2cc(-c3ccc(C(=O)O)c(N)c3)c(-c3ccc(C(=O)O)c(N)c3)cc2-c2ccc(C(=O)O)c(N)c2)ccc1C(=O)O. The number of hydrogen-bond acceptors (Lipinski definition) is 8. The number of hydrogen-bond donors (Lipinski definition) is 8. The van der Waals surface area contributed by atoms with Crippen LogP contribution in [-0.4, -0.2) is 44.3 Å². The van der Waals surface area contributed by atoms with E-state index in [9.17, 15) is 39.6 Å². The Bertz CT molecular complexity index is 1830. The first kappa shape index (κ1) is 30.6. The molecule has 0 bridgehead atoms. The third-order valence-corrected chi connectivity index (χ3v) is 7.53. The number of carboxylic acid groups (broad SMARTS) is 4. The van der Waals surface area contributed by atoms with E-state index in [0.717, 1.165) is 0 Å². The second-order valence-corrected chi connectivity index (χ2v) is 10.4. The first-order valence-corrected chi connectivity index (χ1v) is 13.5. The fraction of sp³-hybridized carbons (Fsp3) is 0. The minimum absolute atomic E-state index is 0.00518. The maximum atomic E-state index is 11.7. The lowest BCUT2D eigenvalue weighted by atomic mass is 9.84. The van der Waals surface area contributed by atoms with E-state index < -0.39 is 23.9 Å². The van der Waals surface area contributed by atoms with E-state index in [0.29, 0.717) is 44.5 Å². The second-order valence-electron chi connectivity index (χ2n) is 10.4. The van der Waals surface area contributed by atoms with Crippen LogP contribution in [0.25, 0.3) is 44.5 Å². The first-order chi connectivity index (χ1) is 21.8. The van der Waals surface area contributed by atoms with Gasteiger partial charge in [0.25, 0.3) is 0 Å². The van der Waals surface area contributed by atoms with E-state index in [4.69, 9.17) is 22.9 Å². The molecule has 46 heavy (non-hydrogen) atoms. The van der Waals surface area contributed by atoms with Crippen molar-refractivity contribution in [2.24, 2.45) is 0 Å². The number of aromatic carboxylic acids is 4. The van der Waals surface area contributed by atoms with Crippen LogP contribution < -0.4 is 22.9 Å². The first-order valence-electron chi connectivity index (χ1n) is 13.5. The van der Waals surface area contributed by atoms with Gasteiger partial charge in [-0.1, -0.05) is 24.3 Å². The highest BCUT2D eigenvalue weighted by atomic mass is 16.4. The van der Waals surface area contributed by atoms with Gasteiger partial charge < -0.3 is 43.4 Å². The molecule has 0 saturated heterocycles. The average molecular weight is 619 g/mol. The maximum Gasteiger partial charge on any atom is 0.337 e. The molecule has 5 aromatic rings. The molecule has 0 aliphatic rings. The minimum Gasteiger partial charge on any atom is -0.478 e. The van der Waals surface area contributed by atoms with Crippen molar-refractivity contribution >= 4 is 46.6 Å². The molecule has 0 aromatic heterocycles. The Morgan fingerprint density at radius 1 is 0.348 bits per heavy atom. The molecule has 0 spiro atoms. The molecule has 0 unspecified atom stereocenters. The summed E-state index contributed by atoms with van der Waals surface area (Å²) in [5.41, 5.74) is 28.1. The molecule has 230 valence electrons. The van der Waals surface area contributed by atoms with Gasteiger partial charge in [-0.15, -0.1) is 0 Å². The van der Waals surface area contributed by atoms with Gasteiger partial charge in [-0.2, -0.15) is 0 Å². The topological polar surface area (TPSA) is 253 Å². The molecule has 0 aliphatic carbocycles. The van der Waals surface area contributed by atoms with Gasteiger partial charge >= 0.3 is 23.9 Å². The van der Waals surface area contributed by atoms with Crippen LogP contribution in [0.15, 0.2) is 84.9 Å². The summed E-state index contributed by atoms with van der Waals surface area (Å²) in [7, 11) is 0. The highest BCUT2D eigenvalue weighted by Crippen LogP contribution is 2.44. The lowest BCUT2D eigenvalue weighted by molar-refractivity contribution is 0.0687. The van der Waals surface area contributed by atoms with E-state index in [1.54, 1.807) is 36.4 Å². The monoisotopic (exact) mass is 618 g/mol. The Hall–Kier alpha value is -6.82. The van der Waals surface area contributed by atoms with Gasteiger partial charge in [0.1, 0.15) is 0 Å². The van der Waals surface area contributed by atoms with E-state index >= 15 is 0 Å². The zero-order valence-electron chi connectivity index (χ0n) is 23.8. The van der Waals surface area contributed by atoms with Crippen molar-refractivity contribution in [3.8, 4) is 44.5 Å². The lowest BCUT2D eigenvalue weighted by Gasteiger charge is -2.20. The second kappa shape index (κ2) is 11.7. The average Bonchev–Trinajstić information content (AvgIpc) is 2.99. The normalized spacial score (nSPS) is 10.8. The number of anilines is 4. The van der Waals surface area contributed by atoms with Gasteiger partial charge in [-0.05, 0) is 105 Å². The van der Waals surface area contributed by atoms with E-state index in [2.05, 4.69) is 0 Å². The van der Waals surface area contributed by atoms with Gasteiger partial charge in [0.05, 0.1) is 22.3 Å². The lowest BCUT2D eigenvalue weighted by Crippen LogP contribution is -2.04. The van der Waals surface area contributed by atoms with Crippen molar-refractivity contribution in [2.75, 3.05) is 22.9 Å². The maximum absolute atomic E-state index is 11.7. The molecule has 0 radical (unpaired) electrons. The van der Waals surface area contributed by atoms with Crippen LogP contribution in [0, 0.1) is 0 Å². The summed E-state index contributed by atoms with van der Waals surface area (Å²) in [5.74, 6) is -4.86. The molecule has 0 amide bonds. The van der Waals surface area contributed by atoms with Crippen molar-refractivity contribution in [3.05, 3.63) is 107 Å². The molecule has 0 fully saturated rings. The van der Waals surface area contributed by atoms with Crippen molar-refractivity contribution in [2.45, 2.75) is 0 Å². The molecule has 0 heterocycles. The zero-order valence-corrected chi connectivity index (χ0v) is 23.8. The molecule has 12 N–H and O–H groups in total. The molecule has 12 heteroatoms. The Labute approximate surface area is 260 Å². The summed E-state index contributed by atoms with van der Waals surface area (Å²) in [6, 6.07) is 21.2. The van der Waals surface area contributed by atoms with Crippen molar-refractivity contribution in [1.29, 1.82) is 0 Å². The quantitative estimate of drug-likeness (QED) is 0.101. The van der Waals surface area contributed by atoms with Crippen LogP contribution in [0.4, 0.5) is 22.7 Å². The summed E-state index contributed by atoms with van der Waals surface area (Å²) < 4.78 is 0. The van der Waals surface area contributed by atoms with Crippen LogP contribution in [0.3, 0.4) is 0 Å². The summed E-state index contributed by atoms with van der Waals surface area (Å²) >= 11 is 0. The van der Waals surface area contributed by atoms with E-state index in [-0.39, 0.29) is 45.0 Å². The van der Waals surface area contributed by atoms with Gasteiger partial charge in [0, 0.05) is 22.7 Å².